The maximum Gasteiger partial charge on any atom is 0.307 e. The molecule has 0 aromatic heterocycles. The molecule has 0 heterocycles. The molecule has 1 unspecified atom stereocenters. The molecule has 0 saturated heterocycles. The first-order chi connectivity index (χ1) is 8.13. The summed E-state index contributed by atoms with van der Waals surface area (Å²) >= 11 is 1.64. The van der Waals surface area contributed by atoms with Crippen molar-refractivity contribution in [1.29, 1.82) is 0 Å². The number of benzene rings is 1. The van der Waals surface area contributed by atoms with Crippen LogP contribution in [0.4, 0.5) is 0 Å². The van der Waals surface area contributed by atoms with E-state index in [-0.39, 0.29) is 5.92 Å². The van der Waals surface area contributed by atoms with Crippen LogP contribution in [0, 0.1) is 5.92 Å². The van der Waals surface area contributed by atoms with E-state index in [1.807, 2.05) is 31.2 Å². The van der Waals surface area contributed by atoms with Gasteiger partial charge in [-0.15, -0.1) is 0 Å². The summed E-state index contributed by atoms with van der Waals surface area (Å²) in [6.45, 7) is 4.36. The molecule has 0 fully saturated rings. The van der Waals surface area contributed by atoms with Crippen LogP contribution in [-0.2, 0) is 10.5 Å². The second kappa shape index (κ2) is 7.22. The molecule has 1 N–H and O–H groups in total. The van der Waals surface area contributed by atoms with Crippen molar-refractivity contribution in [3.05, 3.63) is 29.8 Å². The fraction of sp³-hybridized carbons (Fsp3) is 0.462. The molecule has 1 rings (SSSR count). The van der Waals surface area contributed by atoms with E-state index >= 15 is 0 Å². The van der Waals surface area contributed by atoms with Crippen molar-refractivity contribution >= 4 is 17.7 Å². The van der Waals surface area contributed by atoms with Crippen molar-refractivity contribution in [1.82, 2.24) is 0 Å². The molecule has 0 amide bonds. The van der Waals surface area contributed by atoms with E-state index < -0.39 is 5.97 Å². The van der Waals surface area contributed by atoms with Gasteiger partial charge in [-0.25, -0.2) is 0 Å². The number of rotatable bonds is 7. The Balaban J connectivity index is 2.34. The predicted molar refractivity (Wildman–Crippen MR) is 70.6 cm³/mol. The summed E-state index contributed by atoms with van der Waals surface area (Å²) in [4.78, 5) is 10.6. The zero-order chi connectivity index (χ0) is 12.7. The SMILES string of the molecule is CCOc1ccc(CSCC(C)C(=O)O)cc1. The number of carboxylic acid groups (broad SMARTS) is 1. The van der Waals surface area contributed by atoms with E-state index in [1.54, 1.807) is 18.7 Å². The van der Waals surface area contributed by atoms with Crippen molar-refractivity contribution in [3.8, 4) is 5.75 Å². The highest BCUT2D eigenvalue weighted by Gasteiger charge is 2.10. The third kappa shape index (κ3) is 5.13. The van der Waals surface area contributed by atoms with Crippen LogP contribution >= 0.6 is 11.8 Å². The average molecular weight is 254 g/mol. The van der Waals surface area contributed by atoms with Crippen molar-refractivity contribution < 1.29 is 14.6 Å². The van der Waals surface area contributed by atoms with Crippen LogP contribution in [0.15, 0.2) is 24.3 Å². The van der Waals surface area contributed by atoms with Gasteiger partial charge in [0.05, 0.1) is 12.5 Å². The molecule has 0 aliphatic carbocycles. The number of carbonyl (C=O) groups is 1. The Hall–Kier alpha value is -1.16. The maximum absolute atomic E-state index is 10.6. The first-order valence-corrected chi connectivity index (χ1v) is 6.81. The van der Waals surface area contributed by atoms with E-state index in [9.17, 15) is 4.79 Å². The number of carboxylic acids is 1. The van der Waals surface area contributed by atoms with Gasteiger partial charge >= 0.3 is 5.97 Å². The topological polar surface area (TPSA) is 46.5 Å². The van der Waals surface area contributed by atoms with Crippen molar-refractivity contribution in [2.75, 3.05) is 12.4 Å². The summed E-state index contributed by atoms with van der Waals surface area (Å²) < 4.78 is 5.35. The van der Waals surface area contributed by atoms with Crippen LogP contribution in [-0.4, -0.2) is 23.4 Å². The second-order valence-electron chi connectivity index (χ2n) is 3.83. The molecule has 0 bridgehead atoms. The standard InChI is InChI=1S/C13H18O3S/c1-3-16-12-6-4-11(5-7-12)9-17-8-10(2)13(14)15/h4-7,10H,3,8-9H2,1-2H3,(H,14,15). The van der Waals surface area contributed by atoms with E-state index in [4.69, 9.17) is 9.84 Å². The lowest BCUT2D eigenvalue weighted by Gasteiger charge is -2.07. The molecule has 1 atom stereocenters. The molecule has 0 radical (unpaired) electrons. The highest BCUT2D eigenvalue weighted by Crippen LogP contribution is 2.18. The van der Waals surface area contributed by atoms with E-state index in [0.29, 0.717) is 12.4 Å². The first-order valence-electron chi connectivity index (χ1n) is 5.65. The van der Waals surface area contributed by atoms with Gasteiger partial charge in [0, 0.05) is 11.5 Å². The van der Waals surface area contributed by atoms with Crippen LogP contribution in [0.2, 0.25) is 0 Å². The minimum Gasteiger partial charge on any atom is -0.494 e. The van der Waals surface area contributed by atoms with Crippen LogP contribution in [0.5, 0.6) is 5.75 Å². The second-order valence-corrected chi connectivity index (χ2v) is 4.86. The zero-order valence-electron chi connectivity index (χ0n) is 10.2. The van der Waals surface area contributed by atoms with Gasteiger partial charge in [-0.3, -0.25) is 4.79 Å². The van der Waals surface area contributed by atoms with Gasteiger partial charge in [0.25, 0.3) is 0 Å². The van der Waals surface area contributed by atoms with Gasteiger partial charge in [0.1, 0.15) is 5.75 Å². The molecular formula is C13H18O3S. The summed E-state index contributed by atoms with van der Waals surface area (Å²) in [5, 5.41) is 8.74. The lowest BCUT2D eigenvalue weighted by atomic mass is 10.2. The Morgan fingerprint density at radius 2 is 2.06 bits per heavy atom. The van der Waals surface area contributed by atoms with Gasteiger partial charge in [-0.2, -0.15) is 11.8 Å². The minimum atomic E-state index is -0.732. The van der Waals surface area contributed by atoms with Gasteiger partial charge in [-0.1, -0.05) is 19.1 Å². The van der Waals surface area contributed by atoms with Crippen molar-refractivity contribution in [2.24, 2.45) is 5.92 Å². The third-order valence-corrected chi connectivity index (χ3v) is 3.57. The molecular weight excluding hydrogens is 236 g/mol. The lowest BCUT2D eigenvalue weighted by Crippen LogP contribution is -2.11. The van der Waals surface area contributed by atoms with E-state index in [2.05, 4.69) is 0 Å². The molecule has 3 nitrogen and oxygen atoms in total. The average Bonchev–Trinajstić information content (AvgIpc) is 2.31. The minimum absolute atomic E-state index is 0.289. The normalized spacial score (nSPS) is 12.1. The first kappa shape index (κ1) is 13.9. The summed E-state index contributed by atoms with van der Waals surface area (Å²) in [5.74, 6) is 1.33. The largest absolute Gasteiger partial charge is 0.494 e. The number of thioether (sulfide) groups is 1. The highest BCUT2D eigenvalue weighted by atomic mass is 32.2. The maximum atomic E-state index is 10.6. The molecule has 4 heteroatoms. The predicted octanol–water partition coefficient (Wildman–Crippen LogP) is 3.04. The number of ether oxygens (including phenoxy) is 1. The van der Waals surface area contributed by atoms with E-state index in [0.717, 1.165) is 11.5 Å². The fourth-order valence-corrected chi connectivity index (χ4v) is 2.32. The Labute approximate surface area is 106 Å². The van der Waals surface area contributed by atoms with Gasteiger partial charge in [0.2, 0.25) is 0 Å². The zero-order valence-corrected chi connectivity index (χ0v) is 11.0. The highest BCUT2D eigenvalue weighted by molar-refractivity contribution is 7.98. The Kier molecular flexibility index (Phi) is 5.91. The number of hydrogen-bond acceptors (Lipinski definition) is 3. The Morgan fingerprint density at radius 1 is 1.41 bits per heavy atom. The fourth-order valence-electron chi connectivity index (χ4n) is 1.27. The van der Waals surface area contributed by atoms with Crippen LogP contribution < -0.4 is 4.74 Å². The molecule has 0 saturated carbocycles. The molecule has 94 valence electrons. The lowest BCUT2D eigenvalue weighted by molar-refractivity contribution is -0.140. The van der Waals surface area contributed by atoms with Crippen molar-refractivity contribution in [3.63, 3.8) is 0 Å². The molecule has 0 spiro atoms. The number of hydrogen-bond donors (Lipinski definition) is 1. The van der Waals surface area contributed by atoms with Crippen LogP contribution in [0.1, 0.15) is 19.4 Å². The molecule has 0 aliphatic heterocycles. The summed E-state index contributed by atoms with van der Waals surface area (Å²) in [6.07, 6.45) is 0. The van der Waals surface area contributed by atoms with Gasteiger partial charge in [-0.05, 0) is 24.6 Å². The van der Waals surface area contributed by atoms with Crippen LogP contribution in [0.25, 0.3) is 0 Å². The van der Waals surface area contributed by atoms with E-state index in [1.165, 1.54) is 5.56 Å². The van der Waals surface area contributed by atoms with Gasteiger partial charge in [0.15, 0.2) is 0 Å². The Bertz CT molecular complexity index is 348. The van der Waals surface area contributed by atoms with Crippen molar-refractivity contribution in [2.45, 2.75) is 19.6 Å². The quantitative estimate of drug-likeness (QED) is 0.812. The van der Waals surface area contributed by atoms with Gasteiger partial charge < -0.3 is 9.84 Å². The molecule has 17 heavy (non-hydrogen) atoms. The smallest absolute Gasteiger partial charge is 0.307 e. The Morgan fingerprint density at radius 3 is 2.59 bits per heavy atom. The molecule has 1 aromatic carbocycles. The monoisotopic (exact) mass is 254 g/mol. The summed E-state index contributed by atoms with van der Waals surface area (Å²) in [7, 11) is 0. The summed E-state index contributed by atoms with van der Waals surface area (Å²) in [5.41, 5.74) is 1.19. The number of aliphatic carboxylic acids is 1. The third-order valence-electron chi connectivity index (χ3n) is 2.29. The molecule has 1 aromatic rings. The molecule has 0 aliphatic rings. The summed E-state index contributed by atoms with van der Waals surface area (Å²) in [6, 6.07) is 7.92. The van der Waals surface area contributed by atoms with Crippen LogP contribution in [0.3, 0.4) is 0 Å².